The minimum Gasteiger partial charge on any atom is -0.368 e. The van der Waals surface area contributed by atoms with Crippen molar-refractivity contribution in [2.45, 2.75) is 44.2 Å². The number of hydrogen-bond donors (Lipinski definition) is 3. The van der Waals surface area contributed by atoms with Crippen LogP contribution in [0, 0.1) is 5.92 Å². The molecule has 3 atom stereocenters. The summed E-state index contributed by atoms with van der Waals surface area (Å²) < 4.78 is 2.32. The van der Waals surface area contributed by atoms with Crippen molar-refractivity contribution in [1.29, 1.82) is 0 Å². The van der Waals surface area contributed by atoms with E-state index < -0.39 is 11.9 Å². The first-order valence-electron chi connectivity index (χ1n) is 14.7. The maximum absolute atomic E-state index is 13.5. The fourth-order valence-electron chi connectivity index (χ4n) is 6.43. The van der Waals surface area contributed by atoms with E-state index in [4.69, 9.17) is 10.7 Å². The van der Waals surface area contributed by atoms with Crippen molar-refractivity contribution >= 4 is 28.8 Å². The summed E-state index contributed by atoms with van der Waals surface area (Å²) in [6, 6.07) is 25.5. The number of piperazine rings is 1. The van der Waals surface area contributed by atoms with Crippen LogP contribution < -0.4 is 21.3 Å². The second-order valence-corrected chi connectivity index (χ2v) is 11.2. The Bertz CT molecular complexity index is 1490. The zero-order chi connectivity index (χ0) is 28.2. The number of imidazole rings is 1. The van der Waals surface area contributed by atoms with Gasteiger partial charge in [0.25, 0.3) is 0 Å². The SMILES string of the molecule is NC(=O)C(NC(=O)C1CCCCC1c1ccc(Cn2c(N3CCNCC3)nc3ccccc32)cc1)c1ccccc1. The number of carbonyl (C=O) groups excluding carboxylic acids is 2. The smallest absolute Gasteiger partial charge is 0.244 e. The van der Waals surface area contributed by atoms with Crippen molar-refractivity contribution < 1.29 is 9.59 Å². The monoisotopic (exact) mass is 550 g/mol. The summed E-state index contributed by atoms with van der Waals surface area (Å²) in [6.07, 6.45) is 3.84. The zero-order valence-corrected chi connectivity index (χ0v) is 23.3. The molecule has 0 spiro atoms. The number of nitrogens with zero attached hydrogens (tertiary/aromatic N) is 3. The molecule has 4 N–H and O–H groups in total. The molecule has 2 amide bonds. The van der Waals surface area contributed by atoms with Crippen LogP contribution in [0.25, 0.3) is 11.0 Å². The second-order valence-electron chi connectivity index (χ2n) is 11.2. The highest BCUT2D eigenvalue weighted by Gasteiger charge is 2.34. The van der Waals surface area contributed by atoms with Gasteiger partial charge < -0.3 is 25.8 Å². The Labute approximate surface area is 240 Å². The van der Waals surface area contributed by atoms with Gasteiger partial charge in [-0.2, -0.15) is 0 Å². The van der Waals surface area contributed by atoms with Crippen LogP contribution in [-0.2, 0) is 16.1 Å². The fraction of sp³-hybridized carbons (Fsp3) is 0.364. The second kappa shape index (κ2) is 12.1. The number of rotatable bonds is 8. The normalized spacial score (nSPS) is 20.0. The van der Waals surface area contributed by atoms with Crippen LogP contribution in [0.1, 0.15) is 54.3 Å². The van der Waals surface area contributed by atoms with Gasteiger partial charge in [0.05, 0.1) is 17.6 Å². The fourth-order valence-corrected chi connectivity index (χ4v) is 6.43. The van der Waals surface area contributed by atoms with E-state index in [1.54, 1.807) is 0 Å². The van der Waals surface area contributed by atoms with Crippen molar-refractivity contribution in [2.75, 3.05) is 31.1 Å². The lowest BCUT2D eigenvalue weighted by Crippen LogP contribution is -2.44. The molecule has 1 aliphatic carbocycles. The standard InChI is InChI=1S/C33H38N6O2/c34-31(40)30(25-8-2-1-3-9-25)37-32(41)27-11-5-4-10-26(27)24-16-14-23(15-17-24)22-39-29-13-7-6-12-28(29)36-33(39)38-20-18-35-19-21-38/h1-3,6-9,12-17,26-27,30,35H,4-5,10-11,18-22H2,(H2,34,40)(H,37,41). The third kappa shape index (κ3) is 5.84. The Morgan fingerprint density at radius 2 is 1.63 bits per heavy atom. The summed E-state index contributed by atoms with van der Waals surface area (Å²) >= 11 is 0. The van der Waals surface area contributed by atoms with Gasteiger partial charge in [0.2, 0.25) is 17.8 Å². The van der Waals surface area contributed by atoms with Gasteiger partial charge in [0.1, 0.15) is 6.04 Å². The van der Waals surface area contributed by atoms with E-state index >= 15 is 0 Å². The van der Waals surface area contributed by atoms with Crippen LogP contribution in [0.15, 0.2) is 78.9 Å². The summed E-state index contributed by atoms with van der Waals surface area (Å²) in [7, 11) is 0. The van der Waals surface area contributed by atoms with Gasteiger partial charge in [-0.25, -0.2) is 4.98 Å². The number of para-hydroxylation sites is 2. The predicted octanol–water partition coefficient (Wildman–Crippen LogP) is 4.11. The number of carbonyl (C=O) groups is 2. The van der Waals surface area contributed by atoms with Gasteiger partial charge in [-0.3, -0.25) is 9.59 Å². The summed E-state index contributed by atoms with van der Waals surface area (Å²) in [4.78, 5) is 33.1. The van der Waals surface area contributed by atoms with Crippen LogP contribution in [0.5, 0.6) is 0 Å². The minimum atomic E-state index is -0.830. The maximum atomic E-state index is 13.5. The number of anilines is 1. The Balaban J connectivity index is 1.21. The van der Waals surface area contributed by atoms with Crippen molar-refractivity contribution in [3.8, 4) is 0 Å². The van der Waals surface area contributed by atoms with Crippen molar-refractivity contribution in [2.24, 2.45) is 11.7 Å². The van der Waals surface area contributed by atoms with Gasteiger partial charge in [0.15, 0.2) is 0 Å². The summed E-state index contributed by atoms with van der Waals surface area (Å²) in [6.45, 7) is 4.52. The third-order valence-electron chi connectivity index (χ3n) is 8.59. The highest BCUT2D eigenvalue weighted by atomic mass is 16.2. The average molecular weight is 551 g/mol. The number of nitrogens with two attached hydrogens (primary N) is 1. The van der Waals surface area contributed by atoms with E-state index in [0.717, 1.165) is 75.4 Å². The zero-order valence-electron chi connectivity index (χ0n) is 23.3. The third-order valence-corrected chi connectivity index (χ3v) is 8.59. The lowest BCUT2D eigenvalue weighted by atomic mass is 9.74. The van der Waals surface area contributed by atoms with E-state index in [1.165, 1.54) is 11.1 Å². The van der Waals surface area contributed by atoms with Crippen molar-refractivity contribution in [3.05, 3.63) is 95.6 Å². The van der Waals surface area contributed by atoms with Crippen LogP contribution in [-0.4, -0.2) is 47.5 Å². The molecule has 1 saturated carbocycles. The number of primary amides is 1. The highest BCUT2D eigenvalue weighted by Crippen LogP contribution is 2.38. The quantitative estimate of drug-likeness (QED) is 0.306. The number of benzene rings is 3. The van der Waals surface area contributed by atoms with Crippen LogP contribution in [0.3, 0.4) is 0 Å². The number of aromatic nitrogens is 2. The molecule has 4 aromatic rings. The summed E-state index contributed by atoms with van der Waals surface area (Å²) in [5.74, 6) is 0.276. The van der Waals surface area contributed by atoms with Gasteiger partial charge in [-0.15, -0.1) is 0 Å². The van der Waals surface area contributed by atoms with Crippen LogP contribution >= 0.6 is 0 Å². The highest BCUT2D eigenvalue weighted by molar-refractivity contribution is 5.89. The molecule has 41 heavy (non-hydrogen) atoms. The molecule has 2 heterocycles. The predicted molar refractivity (Wildman–Crippen MR) is 162 cm³/mol. The molecule has 3 aromatic carbocycles. The molecule has 1 aromatic heterocycles. The Hall–Kier alpha value is -4.17. The first kappa shape index (κ1) is 27.0. The Kier molecular flexibility index (Phi) is 8.00. The molecule has 1 saturated heterocycles. The first-order chi connectivity index (χ1) is 20.1. The first-order valence-corrected chi connectivity index (χ1v) is 14.7. The molecule has 0 bridgehead atoms. The number of hydrogen-bond acceptors (Lipinski definition) is 5. The van der Waals surface area contributed by atoms with E-state index in [-0.39, 0.29) is 17.7 Å². The molecule has 6 rings (SSSR count). The van der Waals surface area contributed by atoms with E-state index in [0.29, 0.717) is 5.56 Å². The maximum Gasteiger partial charge on any atom is 0.244 e. The van der Waals surface area contributed by atoms with Crippen molar-refractivity contribution in [1.82, 2.24) is 20.2 Å². The lowest BCUT2D eigenvalue weighted by Gasteiger charge is -2.32. The van der Waals surface area contributed by atoms with E-state index in [2.05, 4.69) is 62.6 Å². The molecule has 0 radical (unpaired) electrons. The molecule has 1 aliphatic heterocycles. The van der Waals surface area contributed by atoms with Gasteiger partial charge in [-0.1, -0.05) is 79.6 Å². The van der Waals surface area contributed by atoms with Gasteiger partial charge >= 0.3 is 0 Å². The van der Waals surface area contributed by atoms with E-state index in [9.17, 15) is 9.59 Å². The molecule has 3 unspecified atom stereocenters. The number of fused-ring (bicyclic) bond motifs is 1. The largest absolute Gasteiger partial charge is 0.368 e. The van der Waals surface area contributed by atoms with Gasteiger partial charge in [-0.05, 0) is 47.6 Å². The van der Waals surface area contributed by atoms with Gasteiger partial charge in [0, 0.05) is 32.1 Å². The molecule has 2 fully saturated rings. The lowest BCUT2D eigenvalue weighted by molar-refractivity contribution is -0.131. The Morgan fingerprint density at radius 3 is 2.39 bits per heavy atom. The topological polar surface area (TPSA) is 105 Å². The molecule has 8 nitrogen and oxygen atoms in total. The molecular formula is C33H38N6O2. The average Bonchev–Trinajstić information content (AvgIpc) is 3.39. The number of nitrogens with one attached hydrogen (secondary N) is 2. The minimum absolute atomic E-state index is 0.100. The summed E-state index contributed by atoms with van der Waals surface area (Å²) in [5, 5.41) is 6.40. The Morgan fingerprint density at radius 1 is 0.927 bits per heavy atom. The van der Waals surface area contributed by atoms with Crippen LogP contribution in [0.4, 0.5) is 5.95 Å². The molecule has 212 valence electrons. The van der Waals surface area contributed by atoms with Crippen molar-refractivity contribution in [3.63, 3.8) is 0 Å². The molecular weight excluding hydrogens is 512 g/mol. The van der Waals surface area contributed by atoms with Crippen LogP contribution in [0.2, 0.25) is 0 Å². The molecule has 2 aliphatic rings. The number of amides is 2. The molecule has 8 heteroatoms. The van der Waals surface area contributed by atoms with E-state index in [1.807, 2.05) is 36.4 Å². The summed E-state index contributed by atoms with van der Waals surface area (Å²) in [5.41, 5.74) is 10.9.